The molecule has 0 N–H and O–H groups in total. The van der Waals surface area contributed by atoms with Gasteiger partial charge in [0.05, 0.1) is 5.39 Å². The highest BCUT2D eigenvalue weighted by atomic mass is 32.1. The average molecular weight is 342 g/mol. The zero-order chi connectivity index (χ0) is 16.7. The van der Waals surface area contributed by atoms with Crippen molar-refractivity contribution in [1.82, 2.24) is 15.0 Å². The molecule has 0 fully saturated rings. The monoisotopic (exact) mass is 342 g/mol. The lowest BCUT2D eigenvalue weighted by molar-refractivity contribution is -0.390. The van der Waals surface area contributed by atoms with Gasteiger partial charge in [0, 0.05) is 4.88 Å². The second-order valence-corrected chi connectivity index (χ2v) is 6.98. The van der Waals surface area contributed by atoms with E-state index < -0.39 is 4.92 Å². The van der Waals surface area contributed by atoms with Crippen LogP contribution in [0.1, 0.15) is 23.8 Å². The van der Waals surface area contributed by atoms with Crippen LogP contribution in [-0.2, 0) is 12.8 Å². The Kier molecular flexibility index (Phi) is 3.61. The molecule has 1 aliphatic rings. The largest absolute Gasteiger partial charge is 0.429 e. The third-order valence-electron chi connectivity index (χ3n) is 4.19. The van der Waals surface area contributed by atoms with Crippen LogP contribution in [0.4, 0.5) is 5.82 Å². The van der Waals surface area contributed by atoms with Gasteiger partial charge in [0.2, 0.25) is 11.6 Å². The van der Waals surface area contributed by atoms with E-state index in [1.807, 2.05) is 0 Å². The molecule has 3 aromatic rings. The van der Waals surface area contributed by atoms with E-state index in [2.05, 4.69) is 21.9 Å². The minimum absolute atomic E-state index is 0.0895. The lowest BCUT2D eigenvalue weighted by Crippen LogP contribution is -2.08. The van der Waals surface area contributed by atoms with Gasteiger partial charge in [-0.1, -0.05) is 6.92 Å². The number of pyridine rings is 1. The molecule has 0 aromatic carbocycles. The number of aryl methyl sites for hydroxylation is 1. The standard InChI is InChI=1S/C16H14N4O3S/c1-9-4-5-10-12(7-9)24-16-13(10)15(18-8-19-16)23-11-3-2-6-17-14(11)20(21)22/h2-3,6,8-9H,4-5,7H2,1H3/t9-/m0/s1. The predicted molar refractivity (Wildman–Crippen MR) is 89.6 cm³/mol. The van der Waals surface area contributed by atoms with Crippen molar-refractivity contribution in [2.75, 3.05) is 0 Å². The molecule has 3 aromatic heterocycles. The Morgan fingerprint density at radius 3 is 3.08 bits per heavy atom. The first-order valence-electron chi connectivity index (χ1n) is 7.66. The molecule has 1 atom stereocenters. The quantitative estimate of drug-likeness (QED) is 0.529. The lowest BCUT2D eigenvalue weighted by Gasteiger charge is -2.18. The highest BCUT2D eigenvalue weighted by Crippen LogP contribution is 2.42. The van der Waals surface area contributed by atoms with Crippen molar-refractivity contribution in [3.05, 3.63) is 45.2 Å². The molecule has 4 rings (SSSR count). The van der Waals surface area contributed by atoms with Gasteiger partial charge < -0.3 is 14.9 Å². The van der Waals surface area contributed by atoms with Crippen LogP contribution in [0, 0.1) is 16.0 Å². The Morgan fingerprint density at radius 1 is 1.38 bits per heavy atom. The molecule has 0 unspecified atom stereocenters. The van der Waals surface area contributed by atoms with E-state index in [1.54, 1.807) is 17.4 Å². The highest BCUT2D eigenvalue weighted by molar-refractivity contribution is 7.18. The first-order chi connectivity index (χ1) is 11.6. The van der Waals surface area contributed by atoms with Gasteiger partial charge in [0.1, 0.15) is 17.4 Å². The summed E-state index contributed by atoms with van der Waals surface area (Å²) >= 11 is 1.66. The summed E-state index contributed by atoms with van der Waals surface area (Å²) in [6, 6.07) is 3.13. The fourth-order valence-corrected chi connectivity index (χ4v) is 4.37. The number of hydrogen-bond donors (Lipinski definition) is 0. The van der Waals surface area contributed by atoms with E-state index >= 15 is 0 Å². The number of rotatable bonds is 3. The van der Waals surface area contributed by atoms with Gasteiger partial charge in [0.25, 0.3) is 0 Å². The van der Waals surface area contributed by atoms with E-state index in [-0.39, 0.29) is 11.6 Å². The molecule has 3 heterocycles. The Morgan fingerprint density at radius 2 is 2.25 bits per heavy atom. The molecule has 0 bridgehead atoms. The Hall–Kier alpha value is -2.61. The number of ether oxygens (including phenoxy) is 1. The van der Waals surface area contributed by atoms with E-state index in [4.69, 9.17) is 4.74 Å². The Bertz CT molecular complexity index is 940. The van der Waals surface area contributed by atoms with Crippen molar-refractivity contribution < 1.29 is 9.66 Å². The van der Waals surface area contributed by atoms with Crippen molar-refractivity contribution in [1.29, 1.82) is 0 Å². The van der Waals surface area contributed by atoms with Crippen molar-refractivity contribution in [3.8, 4) is 11.6 Å². The van der Waals surface area contributed by atoms with Crippen LogP contribution in [0.15, 0.2) is 24.7 Å². The normalized spacial score (nSPS) is 16.8. The predicted octanol–water partition coefficient (Wildman–Crippen LogP) is 3.91. The summed E-state index contributed by atoms with van der Waals surface area (Å²) in [5.74, 6) is 0.791. The second kappa shape index (κ2) is 5.79. The van der Waals surface area contributed by atoms with Crippen LogP contribution in [0.25, 0.3) is 10.2 Å². The van der Waals surface area contributed by atoms with Gasteiger partial charge in [-0.2, -0.15) is 0 Å². The molecule has 1 aliphatic carbocycles. The molecule has 24 heavy (non-hydrogen) atoms. The lowest BCUT2D eigenvalue weighted by atomic mass is 9.89. The molecule has 122 valence electrons. The minimum Gasteiger partial charge on any atom is -0.429 e. The van der Waals surface area contributed by atoms with E-state index in [9.17, 15) is 10.1 Å². The number of nitro groups is 1. The molecule has 0 aliphatic heterocycles. The maximum atomic E-state index is 11.1. The van der Waals surface area contributed by atoms with Gasteiger partial charge in [-0.25, -0.2) is 9.97 Å². The van der Waals surface area contributed by atoms with E-state index in [0.717, 1.165) is 29.5 Å². The summed E-state index contributed by atoms with van der Waals surface area (Å²) in [5, 5.41) is 12.0. The number of aromatic nitrogens is 3. The average Bonchev–Trinajstić information content (AvgIpc) is 2.93. The summed E-state index contributed by atoms with van der Waals surface area (Å²) < 4.78 is 5.79. The number of fused-ring (bicyclic) bond motifs is 3. The van der Waals surface area contributed by atoms with Gasteiger partial charge in [-0.15, -0.1) is 11.3 Å². The van der Waals surface area contributed by atoms with E-state index in [1.165, 1.54) is 29.0 Å². The molecular weight excluding hydrogens is 328 g/mol. The molecule has 0 saturated carbocycles. The summed E-state index contributed by atoms with van der Waals surface area (Å²) in [5.41, 5.74) is 1.22. The fraction of sp³-hybridized carbons (Fsp3) is 0.312. The van der Waals surface area contributed by atoms with Crippen molar-refractivity contribution in [3.63, 3.8) is 0 Å². The number of hydrogen-bond acceptors (Lipinski definition) is 7. The van der Waals surface area contributed by atoms with Crippen LogP contribution in [0.3, 0.4) is 0 Å². The minimum atomic E-state index is -0.557. The van der Waals surface area contributed by atoms with Gasteiger partial charge in [-0.3, -0.25) is 0 Å². The van der Waals surface area contributed by atoms with Gasteiger partial charge in [-0.05, 0) is 52.8 Å². The van der Waals surface area contributed by atoms with Crippen LogP contribution >= 0.6 is 11.3 Å². The second-order valence-electron chi connectivity index (χ2n) is 5.90. The first kappa shape index (κ1) is 14.9. The zero-order valence-electron chi connectivity index (χ0n) is 12.9. The van der Waals surface area contributed by atoms with Crippen LogP contribution in [0.5, 0.6) is 11.6 Å². The smallest absolute Gasteiger partial charge is 0.406 e. The molecular formula is C16H14N4O3S. The first-order valence-corrected chi connectivity index (χ1v) is 8.47. The number of nitrogens with zero attached hydrogens (tertiary/aromatic N) is 4. The van der Waals surface area contributed by atoms with E-state index in [0.29, 0.717) is 11.8 Å². The molecule has 7 nitrogen and oxygen atoms in total. The fourth-order valence-electron chi connectivity index (χ4n) is 3.03. The molecule has 0 radical (unpaired) electrons. The summed E-state index contributed by atoms with van der Waals surface area (Å²) in [4.78, 5) is 25.1. The Balaban J connectivity index is 1.82. The summed E-state index contributed by atoms with van der Waals surface area (Å²) in [6.45, 7) is 2.25. The molecule has 0 saturated heterocycles. The van der Waals surface area contributed by atoms with Gasteiger partial charge in [0.15, 0.2) is 0 Å². The number of thiophene rings is 1. The molecule has 0 amide bonds. The topological polar surface area (TPSA) is 91.0 Å². The SMILES string of the molecule is C[C@H]1CCc2c(sc3ncnc(Oc4cccnc4[N+](=O)[O-])c23)C1. The van der Waals surface area contributed by atoms with Crippen LogP contribution in [-0.4, -0.2) is 19.9 Å². The van der Waals surface area contributed by atoms with Crippen molar-refractivity contribution in [2.24, 2.45) is 5.92 Å². The summed E-state index contributed by atoms with van der Waals surface area (Å²) in [7, 11) is 0. The van der Waals surface area contributed by atoms with Crippen LogP contribution in [0.2, 0.25) is 0 Å². The van der Waals surface area contributed by atoms with Gasteiger partial charge >= 0.3 is 5.82 Å². The molecule has 8 heteroatoms. The van der Waals surface area contributed by atoms with Crippen molar-refractivity contribution in [2.45, 2.75) is 26.2 Å². The Labute approximate surface area is 141 Å². The third-order valence-corrected chi connectivity index (χ3v) is 5.35. The summed E-state index contributed by atoms with van der Waals surface area (Å²) in [6.07, 6.45) is 5.90. The van der Waals surface area contributed by atoms with Crippen molar-refractivity contribution >= 4 is 27.4 Å². The maximum Gasteiger partial charge on any atom is 0.406 e. The molecule has 0 spiro atoms. The zero-order valence-corrected chi connectivity index (χ0v) is 13.7. The maximum absolute atomic E-state index is 11.1. The third kappa shape index (κ3) is 2.48. The van der Waals surface area contributed by atoms with Crippen LogP contribution < -0.4 is 4.74 Å². The highest BCUT2D eigenvalue weighted by Gasteiger charge is 2.25.